The number of H-pyrrole nitrogens is 1. The van der Waals surface area contributed by atoms with Gasteiger partial charge in [0.1, 0.15) is 11.6 Å². The third-order valence-corrected chi connectivity index (χ3v) is 4.35. The Balaban J connectivity index is 1.28. The van der Waals surface area contributed by atoms with Gasteiger partial charge in [-0.05, 0) is 43.3 Å². The summed E-state index contributed by atoms with van der Waals surface area (Å²) in [5.41, 5.74) is 2.66. The van der Waals surface area contributed by atoms with Crippen molar-refractivity contribution in [2.45, 2.75) is 26.3 Å². The van der Waals surface area contributed by atoms with E-state index in [1.807, 2.05) is 55.5 Å². The largest absolute Gasteiger partial charge is 0.494 e. The summed E-state index contributed by atoms with van der Waals surface area (Å²) in [4.78, 5) is 24.1. The van der Waals surface area contributed by atoms with Crippen LogP contribution in [0, 0.1) is 0 Å². The van der Waals surface area contributed by atoms with Crippen molar-refractivity contribution in [2.75, 3.05) is 6.61 Å². The van der Waals surface area contributed by atoms with Crippen LogP contribution in [0.1, 0.15) is 25.1 Å². The number of amides is 1. The highest BCUT2D eigenvalue weighted by molar-refractivity contribution is 5.77. The molecule has 2 heterocycles. The highest BCUT2D eigenvalue weighted by Crippen LogP contribution is 2.20. The van der Waals surface area contributed by atoms with Crippen LogP contribution < -0.4 is 10.1 Å². The zero-order valence-electron chi connectivity index (χ0n) is 16.0. The van der Waals surface area contributed by atoms with Crippen LogP contribution in [0.25, 0.3) is 22.4 Å². The van der Waals surface area contributed by atoms with E-state index < -0.39 is 0 Å². The monoisotopic (exact) mass is 391 g/mol. The number of fused-ring (bicyclic) bond motifs is 1. The first-order valence-electron chi connectivity index (χ1n) is 9.47. The molecule has 0 unspecified atom stereocenters. The third-order valence-electron chi connectivity index (χ3n) is 4.35. The summed E-state index contributed by atoms with van der Waals surface area (Å²) >= 11 is 0. The van der Waals surface area contributed by atoms with Crippen LogP contribution >= 0.6 is 0 Å². The number of hydrogen-bond donors (Lipinski definition) is 2. The minimum atomic E-state index is -0.105. The van der Waals surface area contributed by atoms with Crippen molar-refractivity contribution in [1.29, 1.82) is 0 Å². The Bertz CT molecular complexity index is 1070. The number of para-hydroxylation sites is 2. The molecule has 0 spiro atoms. The fourth-order valence-corrected chi connectivity index (χ4v) is 2.92. The van der Waals surface area contributed by atoms with Gasteiger partial charge in [-0.1, -0.05) is 17.3 Å². The second-order valence-corrected chi connectivity index (χ2v) is 6.45. The predicted octanol–water partition coefficient (Wildman–Crippen LogP) is 3.26. The average molecular weight is 391 g/mol. The molecule has 0 atom stereocenters. The van der Waals surface area contributed by atoms with E-state index in [9.17, 15) is 4.79 Å². The molecule has 0 fully saturated rings. The Labute approximate surface area is 167 Å². The van der Waals surface area contributed by atoms with Gasteiger partial charge in [-0.3, -0.25) is 4.79 Å². The molecule has 0 aliphatic rings. The lowest BCUT2D eigenvalue weighted by Gasteiger charge is -2.02. The Hall–Kier alpha value is -3.68. The number of ether oxygens (including phenoxy) is 1. The van der Waals surface area contributed by atoms with E-state index in [0.29, 0.717) is 31.3 Å². The Kier molecular flexibility index (Phi) is 5.51. The second kappa shape index (κ2) is 8.55. The van der Waals surface area contributed by atoms with Crippen molar-refractivity contribution in [3.8, 4) is 17.1 Å². The molecule has 0 bridgehead atoms. The lowest BCUT2D eigenvalue weighted by molar-refractivity contribution is -0.121. The molecule has 8 heteroatoms. The van der Waals surface area contributed by atoms with Gasteiger partial charge in [0.2, 0.25) is 17.6 Å². The highest BCUT2D eigenvalue weighted by atomic mass is 16.5. The zero-order valence-corrected chi connectivity index (χ0v) is 16.0. The van der Waals surface area contributed by atoms with Crippen molar-refractivity contribution in [3.63, 3.8) is 0 Å². The molecule has 148 valence electrons. The van der Waals surface area contributed by atoms with Crippen molar-refractivity contribution in [1.82, 2.24) is 25.4 Å². The van der Waals surface area contributed by atoms with Gasteiger partial charge in [0.25, 0.3) is 0 Å². The minimum Gasteiger partial charge on any atom is -0.494 e. The molecule has 2 aromatic heterocycles. The quantitative estimate of drug-likeness (QED) is 0.478. The standard InChI is InChI=1S/C21H21N5O3/c1-2-28-15-9-7-14(8-10-15)21-25-20(29-26-21)12-11-19(27)22-13-18-23-16-5-3-4-6-17(16)24-18/h3-10H,2,11-13H2,1H3,(H,22,27)(H,23,24). The number of nitrogens with one attached hydrogen (secondary N) is 2. The molecule has 4 rings (SSSR count). The number of benzene rings is 2. The van der Waals surface area contributed by atoms with Crippen LogP contribution in [0.3, 0.4) is 0 Å². The SMILES string of the molecule is CCOc1ccc(-c2noc(CCC(=O)NCc3nc4ccccc4[nH]3)n2)cc1. The maximum Gasteiger partial charge on any atom is 0.227 e. The van der Waals surface area contributed by atoms with E-state index in [0.717, 1.165) is 28.2 Å². The number of carbonyl (C=O) groups excluding carboxylic acids is 1. The summed E-state index contributed by atoms with van der Waals surface area (Å²) in [5, 5.41) is 6.83. The first-order valence-corrected chi connectivity index (χ1v) is 9.47. The van der Waals surface area contributed by atoms with Gasteiger partial charge in [-0.15, -0.1) is 0 Å². The van der Waals surface area contributed by atoms with Gasteiger partial charge in [0, 0.05) is 18.4 Å². The lowest BCUT2D eigenvalue weighted by atomic mass is 10.2. The molecule has 0 saturated carbocycles. The fraction of sp³-hybridized carbons (Fsp3) is 0.238. The summed E-state index contributed by atoms with van der Waals surface area (Å²) in [6.45, 7) is 2.89. The van der Waals surface area contributed by atoms with Gasteiger partial charge in [0.15, 0.2) is 0 Å². The van der Waals surface area contributed by atoms with Crippen molar-refractivity contribution in [3.05, 3.63) is 60.2 Å². The van der Waals surface area contributed by atoms with Crippen LogP contribution in [0.15, 0.2) is 53.1 Å². The van der Waals surface area contributed by atoms with Crippen LogP contribution in [-0.4, -0.2) is 32.6 Å². The first-order chi connectivity index (χ1) is 14.2. The van der Waals surface area contributed by atoms with Gasteiger partial charge in [-0.2, -0.15) is 4.98 Å². The summed E-state index contributed by atoms with van der Waals surface area (Å²) < 4.78 is 10.7. The maximum atomic E-state index is 12.1. The van der Waals surface area contributed by atoms with Crippen LogP contribution in [0.2, 0.25) is 0 Å². The van der Waals surface area contributed by atoms with Crippen LogP contribution in [0.4, 0.5) is 0 Å². The highest BCUT2D eigenvalue weighted by Gasteiger charge is 2.11. The minimum absolute atomic E-state index is 0.105. The Morgan fingerprint density at radius 1 is 1.14 bits per heavy atom. The summed E-state index contributed by atoms with van der Waals surface area (Å²) in [6, 6.07) is 15.2. The van der Waals surface area contributed by atoms with Gasteiger partial charge in [-0.25, -0.2) is 4.98 Å². The van der Waals surface area contributed by atoms with E-state index >= 15 is 0 Å². The van der Waals surface area contributed by atoms with E-state index in [1.165, 1.54) is 0 Å². The van der Waals surface area contributed by atoms with Gasteiger partial charge in [0.05, 0.1) is 24.2 Å². The van der Waals surface area contributed by atoms with Crippen molar-refractivity contribution >= 4 is 16.9 Å². The molecule has 29 heavy (non-hydrogen) atoms. The van der Waals surface area contributed by atoms with E-state index in [-0.39, 0.29) is 12.3 Å². The Morgan fingerprint density at radius 3 is 2.76 bits per heavy atom. The maximum absolute atomic E-state index is 12.1. The summed E-state index contributed by atoms with van der Waals surface area (Å²) in [6.07, 6.45) is 0.626. The average Bonchev–Trinajstić information content (AvgIpc) is 3.38. The molecule has 2 N–H and O–H groups in total. The Morgan fingerprint density at radius 2 is 1.97 bits per heavy atom. The molecule has 0 aliphatic carbocycles. The first kappa shape index (κ1) is 18.7. The van der Waals surface area contributed by atoms with Crippen LogP contribution in [0.5, 0.6) is 5.75 Å². The molecule has 0 aliphatic heterocycles. The summed E-state index contributed by atoms with van der Waals surface area (Å²) in [7, 11) is 0. The normalized spacial score (nSPS) is 10.9. The predicted molar refractivity (Wildman–Crippen MR) is 107 cm³/mol. The number of aromatic amines is 1. The van der Waals surface area contributed by atoms with Gasteiger partial charge < -0.3 is 19.6 Å². The number of aromatic nitrogens is 4. The fourth-order valence-electron chi connectivity index (χ4n) is 2.92. The van der Waals surface area contributed by atoms with Gasteiger partial charge >= 0.3 is 0 Å². The molecule has 0 radical (unpaired) electrons. The zero-order chi connectivity index (χ0) is 20.1. The van der Waals surface area contributed by atoms with E-state index in [4.69, 9.17) is 9.26 Å². The molecular weight excluding hydrogens is 370 g/mol. The number of hydrogen-bond acceptors (Lipinski definition) is 6. The third kappa shape index (κ3) is 4.60. The topological polar surface area (TPSA) is 106 Å². The second-order valence-electron chi connectivity index (χ2n) is 6.45. The summed E-state index contributed by atoms with van der Waals surface area (Å²) in [5.74, 6) is 2.32. The number of rotatable bonds is 8. The molecule has 2 aromatic carbocycles. The molecule has 8 nitrogen and oxygen atoms in total. The number of carbonyl (C=O) groups is 1. The molecular formula is C21H21N5O3. The van der Waals surface area contributed by atoms with E-state index in [2.05, 4.69) is 25.4 Å². The van der Waals surface area contributed by atoms with Crippen molar-refractivity contribution in [2.24, 2.45) is 0 Å². The number of imidazole rings is 1. The number of nitrogens with zero attached hydrogens (tertiary/aromatic N) is 3. The molecule has 0 saturated heterocycles. The number of aryl methyl sites for hydroxylation is 1. The smallest absolute Gasteiger partial charge is 0.227 e. The van der Waals surface area contributed by atoms with Crippen molar-refractivity contribution < 1.29 is 14.1 Å². The lowest BCUT2D eigenvalue weighted by Crippen LogP contribution is -2.23. The molecule has 4 aromatic rings. The van der Waals surface area contributed by atoms with E-state index in [1.54, 1.807) is 0 Å². The van der Waals surface area contributed by atoms with Crippen LogP contribution in [-0.2, 0) is 17.8 Å². The molecule has 1 amide bonds.